The van der Waals surface area contributed by atoms with Crippen molar-refractivity contribution in [2.75, 3.05) is 0 Å². The highest BCUT2D eigenvalue weighted by molar-refractivity contribution is 5.64. The Morgan fingerprint density at radius 2 is 1.27 bits per heavy atom. The maximum absolute atomic E-state index is 9.19. The van der Waals surface area contributed by atoms with E-state index in [1.165, 1.54) is 11.1 Å². The minimum Gasteiger partial charge on any atom is -0.508 e. The van der Waals surface area contributed by atoms with Crippen LogP contribution in [0.2, 0.25) is 0 Å². The SMILES string of the molecule is CCc1ccc(-c2ccc(O)cc2)cc1. The number of phenolic OH excluding ortho intramolecular Hbond substituents is 1. The molecule has 1 N–H and O–H groups in total. The number of phenols is 1. The highest BCUT2D eigenvalue weighted by Gasteiger charge is 1.97. The molecule has 0 heterocycles. The van der Waals surface area contributed by atoms with Gasteiger partial charge in [-0.15, -0.1) is 0 Å². The molecule has 15 heavy (non-hydrogen) atoms. The van der Waals surface area contributed by atoms with E-state index >= 15 is 0 Å². The average molecular weight is 198 g/mol. The number of rotatable bonds is 2. The minimum absolute atomic E-state index is 0.309. The lowest BCUT2D eigenvalue weighted by Gasteiger charge is -2.03. The predicted molar refractivity (Wildman–Crippen MR) is 62.9 cm³/mol. The van der Waals surface area contributed by atoms with Crippen LogP contribution in [0.1, 0.15) is 12.5 Å². The predicted octanol–water partition coefficient (Wildman–Crippen LogP) is 3.62. The molecular formula is C14H14O. The molecule has 2 aromatic rings. The van der Waals surface area contributed by atoms with Gasteiger partial charge in [-0.25, -0.2) is 0 Å². The molecule has 0 bridgehead atoms. The fourth-order valence-electron chi connectivity index (χ4n) is 1.59. The van der Waals surface area contributed by atoms with Crippen molar-refractivity contribution in [2.24, 2.45) is 0 Å². The van der Waals surface area contributed by atoms with Crippen LogP contribution in [0.3, 0.4) is 0 Å². The molecular weight excluding hydrogens is 184 g/mol. The molecule has 2 aromatic carbocycles. The Bertz CT molecular complexity index is 426. The van der Waals surface area contributed by atoms with E-state index in [1.807, 2.05) is 12.1 Å². The standard InChI is InChI=1S/C14H14O/c1-2-11-3-5-12(6-4-11)13-7-9-14(15)10-8-13/h3-10,15H,2H2,1H3. The lowest BCUT2D eigenvalue weighted by molar-refractivity contribution is 0.475. The van der Waals surface area contributed by atoms with Gasteiger partial charge in [0.2, 0.25) is 0 Å². The summed E-state index contributed by atoms with van der Waals surface area (Å²) < 4.78 is 0. The zero-order valence-electron chi connectivity index (χ0n) is 8.77. The lowest BCUT2D eigenvalue weighted by Crippen LogP contribution is -1.81. The van der Waals surface area contributed by atoms with Crippen LogP contribution in [-0.2, 0) is 6.42 Å². The molecule has 0 saturated carbocycles. The molecule has 0 unspecified atom stereocenters. The number of aromatic hydroxyl groups is 1. The van der Waals surface area contributed by atoms with E-state index in [4.69, 9.17) is 0 Å². The Labute approximate surface area is 90.0 Å². The second-order valence-corrected chi connectivity index (χ2v) is 3.60. The summed E-state index contributed by atoms with van der Waals surface area (Å²) in [5.74, 6) is 0.309. The van der Waals surface area contributed by atoms with Gasteiger partial charge in [0.25, 0.3) is 0 Å². The van der Waals surface area contributed by atoms with Crippen LogP contribution in [0.5, 0.6) is 5.75 Å². The van der Waals surface area contributed by atoms with Gasteiger partial charge in [-0.2, -0.15) is 0 Å². The zero-order chi connectivity index (χ0) is 10.7. The van der Waals surface area contributed by atoms with Gasteiger partial charge >= 0.3 is 0 Å². The van der Waals surface area contributed by atoms with Gasteiger partial charge in [0.1, 0.15) is 5.75 Å². The molecule has 0 saturated heterocycles. The van der Waals surface area contributed by atoms with Gasteiger partial charge in [-0.1, -0.05) is 43.3 Å². The fourth-order valence-corrected chi connectivity index (χ4v) is 1.59. The van der Waals surface area contributed by atoms with Gasteiger partial charge in [0, 0.05) is 0 Å². The topological polar surface area (TPSA) is 20.2 Å². The summed E-state index contributed by atoms with van der Waals surface area (Å²) in [7, 11) is 0. The normalized spacial score (nSPS) is 10.2. The van der Waals surface area contributed by atoms with Crippen molar-refractivity contribution in [3.05, 3.63) is 54.1 Å². The molecule has 0 aliphatic heterocycles. The van der Waals surface area contributed by atoms with Crippen molar-refractivity contribution in [3.8, 4) is 16.9 Å². The second kappa shape index (κ2) is 4.18. The van der Waals surface area contributed by atoms with Gasteiger partial charge in [-0.3, -0.25) is 0 Å². The number of hydrogen-bond acceptors (Lipinski definition) is 1. The lowest BCUT2D eigenvalue weighted by atomic mass is 10.0. The van der Waals surface area contributed by atoms with Crippen LogP contribution < -0.4 is 0 Å². The monoisotopic (exact) mass is 198 g/mol. The van der Waals surface area contributed by atoms with Gasteiger partial charge < -0.3 is 5.11 Å². The molecule has 0 fully saturated rings. The third-order valence-electron chi connectivity index (χ3n) is 2.56. The first-order valence-corrected chi connectivity index (χ1v) is 5.18. The molecule has 0 spiro atoms. The highest BCUT2D eigenvalue weighted by Crippen LogP contribution is 2.22. The molecule has 76 valence electrons. The van der Waals surface area contributed by atoms with Crippen molar-refractivity contribution in [1.82, 2.24) is 0 Å². The van der Waals surface area contributed by atoms with Crippen LogP contribution in [0.4, 0.5) is 0 Å². The Balaban J connectivity index is 2.33. The Morgan fingerprint density at radius 3 is 1.73 bits per heavy atom. The molecule has 2 rings (SSSR count). The number of aryl methyl sites for hydroxylation is 1. The fraction of sp³-hybridized carbons (Fsp3) is 0.143. The summed E-state index contributed by atoms with van der Waals surface area (Å²) in [5.41, 5.74) is 3.67. The summed E-state index contributed by atoms with van der Waals surface area (Å²) in [6.07, 6.45) is 1.07. The third kappa shape index (κ3) is 2.18. The Morgan fingerprint density at radius 1 is 0.800 bits per heavy atom. The maximum atomic E-state index is 9.19. The van der Waals surface area contributed by atoms with Crippen LogP contribution in [0.15, 0.2) is 48.5 Å². The molecule has 0 radical (unpaired) electrons. The van der Waals surface area contributed by atoms with Crippen molar-refractivity contribution < 1.29 is 5.11 Å². The molecule has 0 aliphatic rings. The molecule has 0 aromatic heterocycles. The summed E-state index contributed by atoms with van der Waals surface area (Å²) in [5, 5.41) is 9.19. The molecule has 0 aliphatic carbocycles. The summed E-state index contributed by atoms with van der Waals surface area (Å²) >= 11 is 0. The van der Waals surface area contributed by atoms with E-state index in [9.17, 15) is 5.11 Å². The highest BCUT2D eigenvalue weighted by atomic mass is 16.3. The van der Waals surface area contributed by atoms with Gasteiger partial charge in [0.05, 0.1) is 0 Å². The molecule has 0 atom stereocenters. The molecule has 1 nitrogen and oxygen atoms in total. The quantitative estimate of drug-likeness (QED) is 0.781. The second-order valence-electron chi connectivity index (χ2n) is 3.60. The van der Waals surface area contributed by atoms with Crippen LogP contribution in [0, 0.1) is 0 Å². The van der Waals surface area contributed by atoms with E-state index in [0.29, 0.717) is 5.75 Å². The minimum atomic E-state index is 0.309. The summed E-state index contributed by atoms with van der Waals surface area (Å²) in [6.45, 7) is 2.15. The van der Waals surface area contributed by atoms with E-state index in [-0.39, 0.29) is 0 Å². The van der Waals surface area contributed by atoms with Crippen LogP contribution in [0.25, 0.3) is 11.1 Å². The van der Waals surface area contributed by atoms with Gasteiger partial charge in [0.15, 0.2) is 0 Å². The first-order chi connectivity index (χ1) is 7.29. The molecule has 1 heteroatoms. The zero-order valence-corrected chi connectivity index (χ0v) is 8.77. The Kier molecular flexibility index (Phi) is 2.72. The summed E-state index contributed by atoms with van der Waals surface area (Å²) in [4.78, 5) is 0. The smallest absolute Gasteiger partial charge is 0.115 e. The third-order valence-corrected chi connectivity index (χ3v) is 2.56. The van der Waals surface area contributed by atoms with Gasteiger partial charge in [-0.05, 0) is 35.2 Å². The molecule has 0 amide bonds. The van der Waals surface area contributed by atoms with E-state index in [1.54, 1.807) is 12.1 Å². The van der Waals surface area contributed by atoms with Crippen molar-refractivity contribution in [3.63, 3.8) is 0 Å². The van der Waals surface area contributed by atoms with Crippen LogP contribution in [-0.4, -0.2) is 5.11 Å². The van der Waals surface area contributed by atoms with Crippen LogP contribution >= 0.6 is 0 Å². The van der Waals surface area contributed by atoms with Crippen molar-refractivity contribution in [1.29, 1.82) is 0 Å². The van der Waals surface area contributed by atoms with E-state index in [2.05, 4.69) is 31.2 Å². The van der Waals surface area contributed by atoms with E-state index < -0.39 is 0 Å². The van der Waals surface area contributed by atoms with E-state index in [0.717, 1.165) is 12.0 Å². The number of benzene rings is 2. The summed E-state index contributed by atoms with van der Waals surface area (Å²) in [6, 6.07) is 15.8. The largest absolute Gasteiger partial charge is 0.508 e. The van der Waals surface area contributed by atoms with Crippen molar-refractivity contribution >= 4 is 0 Å². The average Bonchev–Trinajstić information content (AvgIpc) is 2.30. The maximum Gasteiger partial charge on any atom is 0.115 e. The first-order valence-electron chi connectivity index (χ1n) is 5.18. The first kappa shape index (κ1) is 9.78. The van der Waals surface area contributed by atoms with Crippen molar-refractivity contribution in [2.45, 2.75) is 13.3 Å². The number of hydrogen-bond donors (Lipinski definition) is 1. The Hall–Kier alpha value is -1.76.